The number of carbonyl (C=O) groups is 2. The SMILES string of the molecule is CCOc1ccc(C(O)=C2C(=O)C(=O)N(c3nc4ccc(C)cc4s3)C2c2ccc(O)cc2)cc1. The quantitative estimate of drug-likeness (QED) is 0.225. The monoisotopic (exact) mass is 486 g/mol. The lowest BCUT2D eigenvalue weighted by Gasteiger charge is -2.23. The number of aromatic hydroxyl groups is 1. The maximum absolute atomic E-state index is 13.3. The van der Waals surface area contributed by atoms with Gasteiger partial charge in [0.2, 0.25) is 0 Å². The third-order valence-electron chi connectivity index (χ3n) is 5.83. The Morgan fingerprint density at radius 1 is 1.06 bits per heavy atom. The summed E-state index contributed by atoms with van der Waals surface area (Å²) >= 11 is 1.30. The molecular formula is C27H22N2O5S. The molecule has 8 heteroatoms. The molecule has 0 spiro atoms. The molecule has 1 aromatic heterocycles. The number of ether oxygens (including phenoxy) is 1. The van der Waals surface area contributed by atoms with E-state index in [4.69, 9.17) is 4.74 Å². The number of aliphatic hydroxyl groups is 1. The van der Waals surface area contributed by atoms with E-state index in [-0.39, 0.29) is 17.1 Å². The van der Waals surface area contributed by atoms with Crippen LogP contribution in [0, 0.1) is 6.92 Å². The van der Waals surface area contributed by atoms with Crippen molar-refractivity contribution in [2.75, 3.05) is 11.5 Å². The highest BCUT2D eigenvalue weighted by atomic mass is 32.1. The molecule has 1 aliphatic heterocycles. The van der Waals surface area contributed by atoms with Gasteiger partial charge in [-0.15, -0.1) is 0 Å². The molecule has 1 atom stereocenters. The van der Waals surface area contributed by atoms with Crippen molar-refractivity contribution in [1.29, 1.82) is 0 Å². The summed E-state index contributed by atoms with van der Waals surface area (Å²) in [6, 6.07) is 17.8. The lowest BCUT2D eigenvalue weighted by Crippen LogP contribution is -2.29. The molecule has 0 radical (unpaired) electrons. The predicted molar refractivity (Wildman–Crippen MR) is 135 cm³/mol. The van der Waals surface area contributed by atoms with E-state index in [1.165, 1.54) is 28.4 Å². The fourth-order valence-corrected chi connectivity index (χ4v) is 5.25. The number of ketones is 1. The van der Waals surface area contributed by atoms with Gasteiger partial charge >= 0.3 is 5.91 Å². The van der Waals surface area contributed by atoms with E-state index in [1.807, 2.05) is 32.0 Å². The van der Waals surface area contributed by atoms with Gasteiger partial charge < -0.3 is 14.9 Å². The van der Waals surface area contributed by atoms with Crippen LogP contribution in [0.2, 0.25) is 0 Å². The lowest BCUT2D eigenvalue weighted by atomic mass is 9.95. The van der Waals surface area contributed by atoms with Crippen LogP contribution in [0.3, 0.4) is 0 Å². The van der Waals surface area contributed by atoms with Crippen molar-refractivity contribution in [3.63, 3.8) is 0 Å². The second kappa shape index (κ2) is 8.88. The van der Waals surface area contributed by atoms with Crippen LogP contribution in [0.1, 0.15) is 29.7 Å². The molecule has 0 bridgehead atoms. The molecular weight excluding hydrogens is 464 g/mol. The van der Waals surface area contributed by atoms with Gasteiger partial charge in [0.1, 0.15) is 17.3 Å². The Balaban J connectivity index is 1.68. The summed E-state index contributed by atoms with van der Waals surface area (Å²) in [5.74, 6) is -1.18. The maximum Gasteiger partial charge on any atom is 0.301 e. The minimum atomic E-state index is -0.913. The smallest absolute Gasteiger partial charge is 0.301 e. The molecule has 4 aromatic rings. The van der Waals surface area contributed by atoms with Crippen LogP contribution in [0.25, 0.3) is 16.0 Å². The topological polar surface area (TPSA) is 100.0 Å². The molecule has 7 nitrogen and oxygen atoms in total. The first kappa shape index (κ1) is 22.6. The Morgan fingerprint density at radius 2 is 1.77 bits per heavy atom. The standard InChI is InChI=1S/C27H22N2O5S/c1-3-34-19-11-7-17(8-12-19)24(31)22-23(16-5-9-18(30)10-6-16)29(26(33)25(22)32)27-28-20-13-4-15(2)14-21(20)35-27/h4-14,23,30-31H,3H2,1-2H3. The molecule has 1 unspecified atom stereocenters. The Kier molecular flexibility index (Phi) is 5.74. The first-order valence-corrected chi connectivity index (χ1v) is 11.9. The van der Waals surface area contributed by atoms with Crippen molar-refractivity contribution in [1.82, 2.24) is 4.98 Å². The zero-order valence-electron chi connectivity index (χ0n) is 19.1. The Labute approximate surface area is 205 Å². The lowest BCUT2D eigenvalue weighted by molar-refractivity contribution is -0.132. The summed E-state index contributed by atoms with van der Waals surface area (Å²) in [5, 5.41) is 21.4. The van der Waals surface area contributed by atoms with E-state index in [2.05, 4.69) is 4.98 Å². The third kappa shape index (κ3) is 4.02. The number of hydrogen-bond donors (Lipinski definition) is 2. The van der Waals surface area contributed by atoms with Crippen LogP contribution in [0.4, 0.5) is 5.13 Å². The van der Waals surface area contributed by atoms with Crippen molar-refractivity contribution in [2.45, 2.75) is 19.9 Å². The minimum Gasteiger partial charge on any atom is -0.508 e. The van der Waals surface area contributed by atoms with E-state index in [0.717, 1.165) is 10.3 Å². The molecule has 2 N–H and O–H groups in total. The number of thiazole rings is 1. The number of Topliss-reactive ketones (excluding diaryl/α,β-unsaturated/α-hetero) is 1. The van der Waals surface area contributed by atoms with Crippen LogP contribution in [-0.4, -0.2) is 33.5 Å². The zero-order chi connectivity index (χ0) is 24.7. The number of phenols is 1. The number of aliphatic hydroxyl groups excluding tert-OH is 1. The van der Waals surface area contributed by atoms with Crippen molar-refractivity contribution in [3.05, 3.63) is 89.0 Å². The molecule has 3 aromatic carbocycles. The van der Waals surface area contributed by atoms with Gasteiger partial charge in [0.15, 0.2) is 5.13 Å². The van der Waals surface area contributed by atoms with E-state index in [9.17, 15) is 19.8 Å². The molecule has 1 saturated heterocycles. The third-order valence-corrected chi connectivity index (χ3v) is 6.85. The average molecular weight is 487 g/mol. The maximum atomic E-state index is 13.3. The van der Waals surface area contributed by atoms with Crippen LogP contribution in [-0.2, 0) is 9.59 Å². The number of hydrogen-bond acceptors (Lipinski definition) is 7. The van der Waals surface area contributed by atoms with Crippen molar-refractivity contribution < 1.29 is 24.5 Å². The van der Waals surface area contributed by atoms with Gasteiger partial charge in [-0.25, -0.2) is 4.98 Å². The van der Waals surface area contributed by atoms with Crippen LogP contribution >= 0.6 is 11.3 Å². The van der Waals surface area contributed by atoms with Gasteiger partial charge in [0, 0.05) is 5.56 Å². The second-order valence-electron chi connectivity index (χ2n) is 8.19. The Hall–Kier alpha value is -4.17. The second-order valence-corrected chi connectivity index (χ2v) is 9.19. The number of phenolic OH excluding ortho intramolecular Hbond substituents is 1. The highest BCUT2D eigenvalue weighted by Crippen LogP contribution is 2.44. The fraction of sp³-hybridized carbons (Fsp3) is 0.148. The largest absolute Gasteiger partial charge is 0.508 e. The van der Waals surface area contributed by atoms with Crippen molar-refractivity contribution in [3.8, 4) is 11.5 Å². The number of carbonyl (C=O) groups excluding carboxylic acids is 2. The summed E-state index contributed by atoms with van der Waals surface area (Å²) in [6.45, 7) is 4.34. The Bertz CT molecular complexity index is 1470. The first-order valence-electron chi connectivity index (χ1n) is 11.1. The average Bonchev–Trinajstić information content (AvgIpc) is 3.37. The number of anilines is 1. The first-order chi connectivity index (χ1) is 16.9. The number of aryl methyl sites for hydroxylation is 1. The van der Waals surface area contributed by atoms with Crippen LogP contribution < -0.4 is 9.64 Å². The highest BCUT2D eigenvalue weighted by molar-refractivity contribution is 7.22. The minimum absolute atomic E-state index is 0.0414. The molecule has 0 saturated carbocycles. The highest BCUT2D eigenvalue weighted by Gasteiger charge is 2.48. The number of fused-ring (bicyclic) bond motifs is 1. The van der Waals surface area contributed by atoms with E-state index in [0.29, 0.717) is 34.1 Å². The zero-order valence-corrected chi connectivity index (χ0v) is 19.9. The molecule has 1 fully saturated rings. The number of benzene rings is 3. The van der Waals surface area contributed by atoms with E-state index in [1.54, 1.807) is 36.4 Å². The van der Waals surface area contributed by atoms with Gasteiger partial charge in [-0.1, -0.05) is 29.5 Å². The number of aromatic nitrogens is 1. The molecule has 0 aliphatic carbocycles. The predicted octanol–water partition coefficient (Wildman–Crippen LogP) is 5.34. The number of amides is 1. The van der Waals surface area contributed by atoms with Gasteiger partial charge in [-0.05, 0) is 73.5 Å². The Morgan fingerprint density at radius 3 is 2.46 bits per heavy atom. The molecule has 5 rings (SSSR count). The van der Waals surface area contributed by atoms with Gasteiger partial charge in [-0.3, -0.25) is 14.5 Å². The molecule has 35 heavy (non-hydrogen) atoms. The summed E-state index contributed by atoms with van der Waals surface area (Å²) in [6.07, 6.45) is 0. The number of rotatable bonds is 5. The van der Waals surface area contributed by atoms with E-state index >= 15 is 0 Å². The van der Waals surface area contributed by atoms with Crippen LogP contribution in [0.5, 0.6) is 11.5 Å². The van der Waals surface area contributed by atoms with E-state index < -0.39 is 17.7 Å². The van der Waals surface area contributed by atoms with Crippen molar-refractivity contribution >= 4 is 44.1 Å². The molecule has 2 heterocycles. The number of nitrogens with zero attached hydrogens (tertiary/aromatic N) is 2. The summed E-state index contributed by atoms with van der Waals surface area (Å²) in [7, 11) is 0. The fourth-order valence-electron chi connectivity index (χ4n) is 4.16. The molecule has 176 valence electrons. The summed E-state index contributed by atoms with van der Waals surface area (Å²) in [5.41, 5.74) is 2.68. The van der Waals surface area contributed by atoms with Gasteiger partial charge in [0.05, 0.1) is 28.4 Å². The molecule has 1 amide bonds. The van der Waals surface area contributed by atoms with Crippen LogP contribution in [0.15, 0.2) is 72.3 Å². The summed E-state index contributed by atoms with van der Waals surface area (Å²) in [4.78, 5) is 32.5. The normalized spacial score (nSPS) is 17.3. The molecule has 1 aliphatic rings. The summed E-state index contributed by atoms with van der Waals surface area (Å²) < 4.78 is 6.35. The van der Waals surface area contributed by atoms with Gasteiger partial charge in [0.25, 0.3) is 5.78 Å². The van der Waals surface area contributed by atoms with Crippen molar-refractivity contribution in [2.24, 2.45) is 0 Å². The van der Waals surface area contributed by atoms with Gasteiger partial charge in [-0.2, -0.15) is 0 Å².